The minimum Gasteiger partial charge on any atom is -0.509 e. The summed E-state index contributed by atoms with van der Waals surface area (Å²) in [4.78, 5) is 9.43. The largest absolute Gasteiger partial charge is 0.509 e. The Balaban J connectivity index is 0.00000449. The Kier molecular flexibility index (Phi) is 9.28. The molecule has 0 spiro atoms. The van der Waals surface area contributed by atoms with Crippen LogP contribution in [0.1, 0.15) is 63.8 Å². The molecule has 1 aliphatic heterocycles. The number of pyridine rings is 1. The number of anilines is 4. The van der Waals surface area contributed by atoms with E-state index in [0.29, 0.717) is 11.5 Å². The Labute approximate surface area is 360 Å². The first-order valence-corrected chi connectivity index (χ1v) is 20.0. The summed E-state index contributed by atoms with van der Waals surface area (Å²) in [5, 5.41) is 4.25. The summed E-state index contributed by atoms with van der Waals surface area (Å²) in [5.41, 5.74) is 12.7. The van der Waals surface area contributed by atoms with E-state index in [1.54, 1.807) is 0 Å². The average Bonchev–Trinajstić information content (AvgIpc) is 3.87. The molecule has 1 aliphatic rings. The monoisotopic (exact) mass is 952 g/mol. The molecule has 0 atom stereocenters. The van der Waals surface area contributed by atoms with Crippen LogP contribution in [-0.4, -0.2) is 9.55 Å². The molecule has 0 radical (unpaired) electrons. The molecule has 0 amide bonds. The zero-order chi connectivity index (χ0) is 40.1. The van der Waals surface area contributed by atoms with Gasteiger partial charge >= 0.3 is 0 Å². The Morgan fingerprint density at radius 3 is 2.03 bits per heavy atom. The van der Waals surface area contributed by atoms with Crippen molar-refractivity contribution in [2.45, 2.75) is 66.2 Å². The van der Waals surface area contributed by atoms with Crippen LogP contribution >= 0.6 is 0 Å². The summed E-state index contributed by atoms with van der Waals surface area (Å²) in [6.45, 7) is 20.1. The van der Waals surface area contributed by atoms with Crippen molar-refractivity contribution < 1.29 is 30.2 Å². The third-order valence-electron chi connectivity index (χ3n) is 11.5. The molecule has 7 heteroatoms. The quantitative estimate of drug-likeness (QED) is 0.161. The molecule has 10 rings (SSSR count). The van der Waals surface area contributed by atoms with Gasteiger partial charge in [0, 0.05) is 66.6 Å². The Morgan fingerprint density at radius 2 is 1.29 bits per heavy atom. The maximum Gasteiger partial charge on any atom is 0.158 e. The van der Waals surface area contributed by atoms with E-state index < -0.39 is 0 Å². The number of aromatic nitrogens is 2. The van der Waals surface area contributed by atoms with E-state index in [4.69, 9.17) is 14.1 Å². The van der Waals surface area contributed by atoms with Crippen molar-refractivity contribution in [3.63, 3.8) is 0 Å². The molecular formula is C52H45N4O2Pt-3. The first-order valence-electron chi connectivity index (χ1n) is 20.0. The number of hydrogen-bond acceptors (Lipinski definition) is 5. The third kappa shape index (κ3) is 6.49. The van der Waals surface area contributed by atoms with E-state index in [2.05, 4.69) is 173 Å². The minimum atomic E-state index is -0.0666. The van der Waals surface area contributed by atoms with Gasteiger partial charge in [0.15, 0.2) is 5.58 Å². The van der Waals surface area contributed by atoms with Gasteiger partial charge in [0.2, 0.25) is 0 Å². The molecule has 9 aromatic rings. The van der Waals surface area contributed by atoms with Gasteiger partial charge in [-0.1, -0.05) is 102 Å². The number of para-hydroxylation sites is 3. The zero-order valence-electron chi connectivity index (χ0n) is 34.5. The number of rotatable bonds is 5. The summed E-state index contributed by atoms with van der Waals surface area (Å²) in [7, 11) is 0. The van der Waals surface area contributed by atoms with Gasteiger partial charge in [0.1, 0.15) is 11.4 Å². The predicted octanol–water partition coefficient (Wildman–Crippen LogP) is 14.1. The molecule has 0 saturated heterocycles. The summed E-state index contributed by atoms with van der Waals surface area (Å²) in [5.74, 6) is 1.97. The third-order valence-corrected chi connectivity index (χ3v) is 11.5. The van der Waals surface area contributed by atoms with Gasteiger partial charge < -0.3 is 23.5 Å². The molecule has 0 aliphatic carbocycles. The van der Waals surface area contributed by atoms with Crippen LogP contribution < -0.4 is 14.5 Å². The van der Waals surface area contributed by atoms with Crippen molar-refractivity contribution in [1.29, 1.82) is 0 Å². The minimum absolute atomic E-state index is 0. The maximum atomic E-state index is 6.65. The average molecular weight is 953 g/mol. The number of fused-ring (bicyclic) bond motifs is 8. The van der Waals surface area contributed by atoms with Crippen LogP contribution in [0.25, 0.3) is 49.6 Å². The van der Waals surface area contributed by atoms with Crippen LogP contribution in [0, 0.1) is 32.6 Å². The zero-order valence-corrected chi connectivity index (χ0v) is 36.8. The van der Waals surface area contributed by atoms with Crippen molar-refractivity contribution >= 4 is 66.5 Å². The fraction of sp³-hybridized carbons (Fsp3) is 0.192. The maximum absolute atomic E-state index is 6.65. The van der Waals surface area contributed by atoms with Crippen molar-refractivity contribution in [1.82, 2.24) is 9.55 Å². The van der Waals surface area contributed by atoms with Crippen LogP contribution in [0.15, 0.2) is 126 Å². The summed E-state index contributed by atoms with van der Waals surface area (Å²) >= 11 is 0. The molecule has 0 fully saturated rings. The number of hydrogen-bond donors (Lipinski definition) is 0. The van der Waals surface area contributed by atoms with E-state index in [1.807, 2.05) is 36.5 Å². The van der Waals surface area contributed by atoms with E-state index in [0.717, 1.165) is 66.6 Å². The molecule has 59 heavy (non-hydrogen) atoms. The first kappa shape index (κ1) is 38.7. The number of aryl methyl sites for hydroxylation is 2. The molecule has 4 heterocycles. The molecule has 0 saturated carbocycles. The van der Waals surface area contributed by atoms with Crippen LogP contribution in [-0.2, 0) is 31.9 Å². The van der Waals surface area contributed by atoms with E-state index in [1.165, 1.54) is 27.9 Å². The van der Waals surface area contributed by atoms with Crippen LogP contribution in [0.5, 0.6) is 11.5 Å². The number of furan rings is 1. The van der Waals surface area contributed by atoms with Crippen molar-refractivity contribution in [2.24, 2.45) is 0 Å². The summed E-state index contributed by atoms with van der Waals surface area (Å²) in [6.07, 6.45) is 1.89. The normalized spacial score (nSPS) is 13.2. The fourth-order valence-electron chi connectivity index (χ4n) is 8.48. The van der Waals surface area contributed by atoms with Crippen LogP contribution in [0.3, 0.4) is 0 Å². The first-order chi connectivity index (χ1) is 27.8. The van der Waals surface area contributed by atoms with Gasteiger partial charge in [-0.15, -0.1) is 48.1 Å². The van der Waals surface area contributed by atoms with Crippen molar-refractivity contribution in [3.05, 3.63) is 163 Å². The van der Waals surface area contributed by atoms with Gasteiger partial charge in [-0.2, -0.15) is 12.1 Å². The second kappa shape index (κ2) is 14.2. The van der Waals surface area contributed by atoms with Gasteiger partial charge in [-0.25, -0.2) is 4.98 Å². The van der Waals surface area contributed by atoms with Crippen LogP contribution in [0.2, 0.25) is 0 Å². The summed E-state index contributed by atoms with van der Waals surface area (Å²) < 4.78 is 15.5. The van der Waals surface area contributed by atoms with E-state index >= 15 is 0 Å². The van der Waals surface area contributed by atoms with E-state index in [-0.39, 0.29) is 31.9 Å². The molecule has 0 N–H and O–H groups in total. The molecule has 0 unspecified atom stereocenters. The predicted molar refractivity (Wildman–Crippen MR) is 238 cm³/mol. The second-order valence-electron chi connectivity index (χ2n) is 17.6. The molecule has 6 aromatic carbocycles. The Hall–Kier alpha value is -5.84. The summed E-state index contributed by atoms with van der Waals surface area (Å²) in [6, 6.07) is 47.4. The van der Waals surface area contributed by atoms with Crippen molar-refractivity contribution in [3.8, 4) is 17.3 Å². The Morgan fingerprint density at radius 1 is 0.627 bits per heavy atom. The van der Waals surface area contributed by atoms with Crippen LogP contribution in [0.4, 0.5) is 22.7 Å². The topological polar surface area (TPSA) is 46.7 Å². The number of ether oxygens (including phenoxy) is 1. The standard InChI is InChI=1S/C52H45N4O2.Pt/c1-32-26-35(52(6,7)8)27-33(2)48(32)55-31-54(43-17-10-11-18-44(43)55)36-14-13-15-37(29-36)57-38-20-21-39-41-22-23-42-40-16-9-12-19-46(40)58-50(42)49(41)56(45(39)30-38)47-28-34(24-25-53-47)51(3,4)5;/h9-28,31H,1-8H3;/q-3;. The molecular weight excluding hydrogens is 908 g/mol. The Bertz CT molecular complexity index is 3070. The molecule has 3 aromatic heterocycles. The molecule has 298 valence electrons. The second-order valence-corrected chi connectivity index (χ2v) is 17.6. The van der Waals surface area contributed by atoms with Crippen molar-refractivity contribution in [2.75, 3.05) is 9.80 Å². The molecule has 6 nitrogen and oxygen atoms in total. The fourth-order valence-corrected chi connectivity index (χ4v) is 8.48. The van der Waals surface area contributed by atoms with Gasteiger partial charge in [-0.05, 0) is 82.6 Å². The van der Waals surface area contributed by atoms with Gasteiger partial charge in [0.25, 0.3) is 0 Å². The van der Waals surface area contributed by atoms with E-state index in [9.17, 15) is 0 Å². The smallest absolute Gasteiger partial charge is 0.158 e. The van der Waals surface area contributed by atoms with Gasteiger partial charge in [-0.3, -0.25) is 0 Å². The van der Waals surface area contributed by atoms with Gasteiger partial charge in [0.05, 0.1) is 5.52 Å². The number of benzene rings is 6. The number of nitrogens with zero attached hydrogens (tertiary/aromatic N) is 4. The molecule has 0 bridgehead atoms. The SMILES string of the molecule is Cc1cc(C(C)(C)C)cc(C)c1N1[CH-]N(c2[c-]c(Oc3[c-]c4c(cc3)c3ccc5c6ccccc6oc5c3n4-c3cc(C(C)(C)C)ccn3)ccc2)c2ccccc21.[Pt].